The van der Waals surface area contributed by atoms with Gasteiger partial charge in [-0.2, -0.15) is 0 Å². The highest BCUT2D eigenvalue weighted by Gasteiger charge is 2.35. The number of nitrogens with two attached hydrogens (primary N) is 1. The average Bonchev–Trinajstić information content (AvgIpc) is 3.14. The van der Waals surface area contributed by atoms with E-state index >= 15 is 0 Å². The fourth-order valence-corrected chi connectivity index (χ4v) is 3.27. The maximum atomic E-state index is 12.4. The van der Waals surface area contributed by atoms with Crippen molar-refractivity contribution in [3.8, 4) is 11.5 Å². The van der Waals surface area contributed by atoms with Crippen LogP contribution in [0.1, 0.15) is 5.56 Å². The van der Waals surface area contributed by atoms with Crippen molar-refractivity contribution in [1.29, 1.82) is 0 Å². The predicted molar refractivity (Wildman–Crippen MR) is 94.0 cm³/mol. The highest BCUT2D eigenvalue weighted by molar-refractivity contribution is 6.35. The Labute approximate surface area is 156 Å². The van der Waals surface area contributed by atoms with E-state index in [4.69, 9.17) is 19.9 Å². The van der Waals surface area contributed by atoms with E-state index < -0.39 is 23.7 Å². The monoisotopic (exact) mass is 377 g/mol. The number of nitrogens with zero attached hydrogens (tertiary/aromatic N) is 2. The van der Waals surface area contributed by atoms with Gasteiger partial charge in [0.2, 0.25) is 6.79 Å². The Morgan fingerprint density at radius 2 is 1.89 bits per heavy atom. The number of benzene rings is 1. The van der Waals surface area contributed by atoms with Crippen LogP contribution >= 0.6 is 0 Å². The van der Waals surface area contributed by atoms with E-state index in [0.29, 0.717) is 44.1 Å². The van der Waals surface area contributed by atoms with E-state index in [9.17, 15) is 14.4 Å². The first-order valence-electron chi connectivity index (χ1n) is 8.78. The van der Waals surface area contributed by atoms with Crippen LogP contribution in [-0.4, -0.2) is 74.2 Å². The topological polar surface area (TPSA) is 111 Å². The lowest BCUT2D eigenvalue weighted by Crippen LogP contribution is -2.56. The molecule has 2 heterocycles. The molecule has 0 bridgehead atoms. The molecule has 1 fully saturated rings. The number of hydrogen-bond donors (Lipinski definition) is 1. The zero-order valence-corrected chi connectivity index (χ0v) is 15.2. The van der Waals surface area contributed by atoms with Gasteiger partial charge in [0.15, 0.2) is 11.5 Å². The van der Waals surface area contributed by atoms with Gasteiger partial charge in [-0.3, -0.25) is 14.4 Å². The molecule has 1 aromatic rings. The Kier molecular flexibility index (Phi) is 5.80. The molecule has 0 spiro atoms. The van der Waals surface area contributed by atoms with E-state index in [-0.39, 0.29) is 13.3 Å². The molecule has 3 rings (SSSR count). The summed E-state index contributed by atoms with van der Waals surface area (Å²) < 4.78 is 15.5. The van der Waals surface area contributed by atoms with Crippen LogP contribution in [0.3, 0.4) is 0 Å². The van der Waals surface area contributed by atoms with E-state index in [1.165, 1.54) is 16.9 Å². The zero-order chi connectivity index (χ0) is 19.4. The SMILES string of the molecule is COC(=O)C(Cc1ccc2c(c1)OCO2)CN1CCN(CCN)C(=O)C1=O. The molecule has 9 heteroatoms. The Morgan fingerprint density at radius 1 is 1.19 bits per heavy atom. The molecule has 1 unspecified atom stereocenters. The second-order valence-electron chi connectivity index (χ2n) is 6.44. The third-order valence-electron chi connectivity index (χ3n) is 4.69. The second-order valence-corrected chi connectivity index (χ2v) is 6.44. The molecule has 2 amide bonds. The van der Waals surface area contributed by atoms with Gasteiger partial charge in [-0.25, -0.2) is 0 Å². The van der Waals surface area contributed by atoms with Crippen molar-refractivity contribution >= 4 is 17.8 Å². The highest BCUT2D eigenvalue weighted by atomic mass is 16.7. The van der Waals surface area contributed by atoms with Crippen LogP contribution in [-0.2, 0) is 25.5 Å². The average molecular weight is 377 g/mol. The van der Waals surface area contributed by atoms with Crippen LogP contribution < -0.4 is 15.2 Å². The summed E-state index contributed by atoms with van der Waals surface area (Å²) in [5, 5.41) is 0. The number of fused-ring (bicyclic) bond motifs is 1. The number of ether oxygens (including phenoxy) is 3. The van der Waals surface area contributed by atoms with Gasteiger partial charge in [0.25, 0.3) is 0 Å². The molecule has 146 valence electrons. The third kappa shape index (κ3) is 4.13. The van der Waals surface area contributed by atoms with Crippen LogP contribution in [0.4, 0.5) is 0 Å². The van der Waals surface area contributed by atoms with Gasteiger partial charge in [-0.05, 0) is 24.1 Å². The van der Waals surface area contributed by atoms with E-state index in [2.05, 4.69) is 0 Å². The summed E-state index contributed by atoms with van der Waals surface area (Å²) >= 11 is 0. The van der Waals surface area contributed by atoms with Crippen molar-refractivity contribution in [2.75, 3.05) is 46.6 Å². The number of piperazine rings is 1. The maximum Gasteiger partial charge on any atom is 0.312 e. The minimum Gasteiger partial charge on any atom is -0.469 e. The first-order valence-corrected chi connectivity index (χ1v) is 8.78. The normalized spacial score (nSPS) is 17.3. The Hall–Kier alpha value is -2.81. The number of rotatable bonds is 7. The highest BCUT2D eigenvalue weighted by Crippen LogP contribution is 2.33. The van der Waals surface area contributed by atoms with Gasteiger partial charge >= 0.3 is 17.8 Å². The van der Waals surface area contributed by atoms with E-state index in [0.717, 1.165) is 5.56 Å². The lowest BCUT2D eigenvalue weighted by atomic mass is 9.98. The molecule has 0 aliphatic carbocycles. The Bertz CT molecular complexity index is 738. The van der Waals surface area contributed by atoms with Gasteiger partial charge in [-0.15, -0.1) is 0 Å². The van der Waals surface area contributed by atoms with Crippen molar-refractivity contribution in [2.45, 2.75) is 6.42 Å². The predicted octanol–water partition coefficient (Wildman–Crippen LogP) is -0.623. The van der Waals surface area contributed by atoms with Crippen LogP contribution in [0.5, 0.6) is 11.5 Å². The molecular formula is C18H23N3O6. The van der Waals surface area contributed by atoms with Crippen LogP contribution in [0.25, 0.3) is 0 Å². The largest absolute Gasteiger partial charge is 0.469 e. The second kappa shape index (κ2) is 8.26. The Morgan fingerprint density at radius 3 is 2.63 bits per heavy atom. The van der Waals surface area contributed by atoms with Crippen LogP contribution in [0.2, 0.25) is 0 Å². The first-order chi connectivity index (χ1) is 13.0. The van der Waals surface area contributed by atoms with Crippen LogP contribution in [0.15, 0.2) is 18.2 Å². The molecule has 27 heavy (non-hydrogen) atoms. The molecule has 0 aromatic heterocycles. The zero-order valence-electron chi connectivity index (χ0n) is 15.2. The molecule has 1 atom stereocenters. The summed E-state index contributed by atoms with van der Waals surface area (Å²) in [6.45, 7) is 1.69. The number of hydrogen-bond acceptors (Lipinski definition) is 7. The summed E-state index contributed by atoms with van der Waals surface area (Å²) in [6, 6.07) is 5.44. The van der Waals surface area contributed by atoms with E-state index in [1.807, 2.05) is 12.1 Å². The summed E-state index contributed by atoms with van der Waals surface area (Å²) in [5.41, 5.74) is 6.32. The third-order valence-corrected chi connectivity index (χ3v) is 4.69. The maximum absolute atomic E-state index is 12.4. The Balaban J connectivity index is 1.69. The summed E-state index contributed by atoms with van der Waals surface area (Å²) in [5.74, 6) is -0.943. The smallest absolute Gasteiger partial charge is 0.312 e. The molecular weight excluding hydrogens is 354 g/mol. The minimum atomic E-state index is -0.616. The van der Waals surface area contributed by atoms with Gasteiger partial charge in [0, 0.05) is 32.7 Å². The number of esters is 1. The summed E-state index contributed by atoms with van der Waals surface area (Å²) in [7, 11) is 1.31. The van der Waals surface area contributed by atoms with Crippen molar-refractivity contribution < 1.29 is 28.6 Å². The molecule has 0 radical (unpaired) electrons. The molecule has 2 aliphatic heterocycles. The number of amides is 2. The standard InChI is InChI=1S/C18H23N3O6/c1-25-18(24)13(8-12-2-3-14-15(9-12)27-11-26-14)10-21-7-6-20(5-4-19)16(22)17(21)23/h2-3,9,13H,4-8,10-11,19H2,1H3. The molecule has 9 nitrogen and oxygen atoms in total. The fourth-order valence-electron chi connectivity index (χ4n) is 3.27. The number of carbonyl (C=O) groups excluding carboxylic acids is 3. The fraction of sp³-hybridized carbons (Fsp3) is 0.500. The van der Waals surface area contributed by atoms with Crippen molar-refractivity contribution in [1.82, 2.24) is 9.80 Å². The number of carbonyl (C=O) groups is 3. The molecule has 1 aromatic carbocycles. The molecule has 0 saturated carbocycles. The molecule has 1 saturated heterocycles. The van der Waals surface area contributed by atoms with E-state index in [1.54, 1.807) is 6.07 Å². The summed E-state index contributed by atoms with van der Waals surface area (Å²) in [4.78, 5) is 39.6. The number of methoxy groups -OCH3 is 1. The summed E-state index contributed by atoms with van der Waals surface area (Å²) in [6.07, 6.45) is 0.355. The molecule has 2 N–H and O–H groups in total. The first kappa shape index (κ1) is 19.0. The van der Waals surface area contributed by atoms with Crippen LogP contribution in [0, 0.1) is 5.92 Å². The quantitative estimate of drug-likeness (QED) is 0.498. The lowest BCUT2D eigenvalue weighted by molar-refractivity contribution is -0.158. The van der Waals surface area contributed by atoms with Crippen molar-refractivity contribution in [3.63, 3.8) is 0 Å². The van der Waals surface area contributed by atoms with Crippen molar-refractivity contribution in [3.05, 3.63) is 23.8 Å². The van der Waals surface area contributed by atoms with Gasteiger partial charge < -0.3 is 29.7 Å². The molecule has 2 aliphatic rings. The lowest BCUT2D eigenvalue weighted by Gasteiger charge is -2.35. The van der Waals surface area contributed by atoms with Crippen molar-refractivity contribution in [2.24, 2.45) is 11.7 Å². The minimum absolute atomic E-state index is 0.113. The van der Waals surface area contributed by atoms with Gasteiger partial charge in [-0.1, -0.05) is 6.07 Å². The van der Waals surface area contributed by atoms with Gasteiger partial charge in [0.05, 0.1) is 13.0 Å². The van der Waals surface area contributed by atoms with Gasteiger partial charge in [0.1, 0.15) is 0 Å².